The van der Waals surface area contributed by atoms with E-state index < -0.39 is 15.6 Å². The van der Waals surface area contributed by atoms with Crippen LogP contribution in [0.3, 0.4) is 0 Å². The molecule has 7 nitrogen and oxygen atoms in total. The average molecular weight is 538 g/mol. The monoisotopic (exact) mass is 537 g/mol. The number of hydrogen-bond acceptors (Lipinski definition) is 4. The van der Waals surface area contributed by atoms with Crippen molar-refractivity contribution in [1.29, 1.82) is 0 Å². The van der Waals surface area contributed by atoms with Gasteiger partial charge in [-0.25, -0.2) is 13.1 Å². The molecular formula is C30H39N3O4S. The van der Waals surface area contributed by atoms with Crippen LogP contribution < -0.4 is 10.0 Å². The highest BCUT2D eigenvalue weighted by Gasteiger charge is 2.28. The molecule has 0 unspecified atom stereocenters. The normalized spacial score (nSPS) is 17.5. The number of hydrogen-bond donors (Lipinski definition) is 2. The smallest absolute Gasteiger partial charge is 0.253 e. The standard InChI is InChI=1S/C30H39N3O4S/c1-20-26(29(34)31-22-14-16-37-17-15-22)18-27(33(20)19-21-8-7-9-21)24-12-13-28(25-11-6-5-10-23(24)25)38(35,36)32-30(2,3)4/h5-6,10-13,18,21-22,32H,7-9,14-17,19H2,1-4H3,(H,31,34). The van der Waals surface area contributed by atoms with Gasteiger partial charge in [-0.15, -0.1) is 0 Å². The molecule has 204 valence electrons. The fourth-order valence-electron chi connectivity index (χ4n) is 5.56. The van der Waals surface area contributed by atoms with Crippen LogP contribution in [0.15, 0.2) is 47.4 Å². The Kier molecular flexibility index (Phi) is 7.42. The van der Waals surface area contributed by atoms with Crippen LogP contribution in [-0.4, -0.2) is 43.7 Å². The molecule has 2 N–H and O–H groups in total. The predicted molar refractivity (Wildman–Crippen MR) is 151 cm³/mol. The summed E-state index contributed by atoms with van der Waals surface area (Å²) >= 11 is 0. The molecule has 2 aliphatic rings. The minimum Gasteiger partial charge on any atom is -0.381 e. The van der Waals surface area contributed by atoms with E-state index in [0.29, 0.717) is 30.1 Å². The molecular weight excluding hydrogens is 498 g/mol. The molecule has 2 aromatic carbocycles. The van der Waals surface area contributed by atoms with Crippen LogP contribution in [0.4, 0.5) is 0 Å². The molecule has 3 aromatic rings. The molecule has 1 amide bonds. The summed E-state index contributed by atoms with van der Waals surface area (Å²) in [5, 5.41) is 4.74. The lowest BCUT2D eigenvalue weighted by atomic mass is 9.85. The zero-order chi connectivity index (χ0) is 27.1. The van der Waals surface area contributed by atoms with Crippen LogP contribution in [0.1, 0.15) is 68.9 Å². The number of benzene rings is 2. The number of sulfonamides is 1. The summed E-state index contributed by atoms with van der Waals surface area (Å²) in [6.07, 6.45) is 5.27. The van der Waals surface area contributed by atoms with Crippen molar-refractivity contribution in [1.82, 2.24) is 14.6 Å². The highest BCUT2D eigenvalue weighted by atomic mass is 32.2. The third-order valence-corrected chi connectivity index (χ3v) is 9.54. The summed E-state index contributed by atoms with van der Waals surface area (Å²) in [7, 11) is -3.73. The van der Waals surface area contributed by atoms with E-state index >= 15 is 0 Å². The fraction of sp³-hybridized carbons (Fsp3) is 0.500. The van der Waals surface area contributed by atoms with Crippen molar-refractivity contribution in [3.05, 3.63) is 53.7 Å². The first-order valence-corrected chi connectivity index (χ1v) is 15.2. The maximum Gasteiger partial charge on any atom is 0.253 e. The molecule has 2 fully saturated rings. The van der Waals surface area contributed by atoms with Crippen molar-refractivity contribution in [3.63, 3.8) is 0 Å². The number of fused-ring (bicyclic) bond motifs is 1. The molecule has 2 heterocycles. The number of aromatic nitrogens is 1. The van der Waals surface area contributed by atoms with Gasteiger partial charge >= 0.3 is 0 Å². The molecule has 1 aliphatic heterocycles. The Labute approximate surface area is 226 Å². The van der Waals surface area contributed by atoms with Crippen LogP contribution >= 0.6 is 0 Å². The maximum atomic E-state index is 13.4. The Balaban J connectivity index is 1.60. The van der Waals surface area contributed by atoms with Crippen molar-refractivity contribution in [3.8, 4) is 11.3 Å². The third-order valence-electron chi connectivity index (χ3n) is 7.72. The molecule has 0 atom stereocenters. The van der Waals surface area contributed by atoms with E-state index in [1.807, 2.05) is 64.1 Å². The Morgan fingerprint density at radius 1 is 1.03 bits per heavy atom. The Morgan fingerprint density at radius 3 is 2.34 bits per heavy atom. The first kappa shape index (κ1) is 26.9. The summed E-state index contributed by atoms with van der Waals surface area (Å²) in [4.78, 5) is 13.7. The highest BCUT2D eigenvalue weighted by Crippen LogP contribution is 2.37. The van der Waals surface area contributed by atoms with Gasteiger partial charge in [0.15, 0.2) is 0 Å². The Hall–Kier alpha value is -2.68. The van der Waals surface area contributed by atoms with Crippen molar-refractivity contribution in [2.24, 2.45) is 5.92 Å². The number of carbonyl (C=O) groups excluding carboxylic acids is 1. The number of amides is 1. The number of nitrogens with zero attached hydrogens (tertiary/aromatic N) is 1. The summed E-state index contributed by atoms with van der Waals surface area (Å²) in [5.74, 6) is 0.536. The van der Waals surface area contributed by atoms with Gasteiger partial charge < -0.3 is 14.6 Å². The van der Waals surface area contributed by atoms with Crippen LogP contribution in [0.25, 0.3) is 22.0 Å². The Morgan fingerprint density at radius 2 is 1.71 bits per heavy atom. The molecule has 1 saturated heterocycles. The summed E-state index contributed by atoms with van der Waals surface area (Å²) in [6.45, 7) is 9.73. The number of nitrogens with one attached hydrogen (secondary N) is 2. The van der Waals surface area contributed by atoms with Gasteiger partial charge in [-0.2, -0.15) is 0 Å². The van der Waals surface area contributed by atoms with Gasteiger partial charge in [-0.05, 0) is 76.8 Å². The molecule has 0 bridgehead atoms. The van der Waals surface area contributed by atoms with Crippen molar-refractivity contribution in [2.45, 2.75) is 82.8 Å². The van der Waals surface area contributed by atoms with Gasteiger partial charge in [0.2, 0.25) is 10.0 Å². The fourth-order valence-corrected chi connectivity index (χ4v) is 7.19. The second-order valence-corrected chi connectivity index (χ2v) is 13.5. The molecule has 1 aliphatic carbocycles. The molecule has 38 heavy (non-hydrogen) atoms. The van der Waals surface area contributed by atoms with E-state index in [2.05, 4.69) is 14.6 Å². The lowest BCUT2D eigenvalue weighted by Crippen LogP contribution is -2.40. The lowest BCUT2D eigenvalue weighted by Gasteiger charge is -2.28. The molecule has 1 aromatic heterocycles. The maximum absolute atomic E-state index is 13.4. The second kappa shape index (κ2) is 10.5. The van der Waals surface area contributed by atoms with Crippen LogP contribution in [0.2, 0.25) is 0 Å². The average Bonchev–Trinajstić information content (AvgIpc) is 3.15. The minimum atomic E-state index is -3.73. The van der Waals surface area contributed by atoms with E-state index in [-0.39, 0.29) is 16.8 Å². The molecule has 8 heteroatoms. The predicted octanol–water partition coefficient (Wildman–Crippen LogP) is 5.40. The van der Waals surface area contributed by atoms with Crippen LogP contribution in [0, 0.1) is 12.8 Å². The van der Waals surface area contributed by atoms with Gasteiger partial charge in [-0.3, -0.25) is 4.79 Å². The lowest BCUT2D eigenvalue weighted by molar-refractivity contribution is 0.0696. The zero-order valence-electron chi connectivity index (χ0n) is 22.8. The van der Waals surface area contributed by atoms with Gasteiger partial charge in [0.25, 0.3) is 5.91 Å². The minimum absolute atomic E-state index is 0.0547. The van der Waals surface area contributed by atoms with Crippen LogP contribution in [0.5, 0.6) is 0 Å². The highest BCUT2D eigenvalue weighted by molar-refractivity contribution is 7.89. The zero-order valence-corrected chi connectivity index (χ0v) is 23.7. The van der Waals surface area contributed by atoms with E-state index in [0.717, 1.165) is 41.7 Å². The van der Waals surface area contributed by atoms with Gasteiger partial charge in [0, 0.05) is 53.7 Å². The van der Waals surface area contributed by atoms with Crippen molar-refractivity contribution < 1.29 is 17.9 Å². The second-order valence-electron chi connectivity index (χ2n) is 11.8. The van der Waals surface area contributed by atoms with Crippen molar-refractivity contribution in [2.75, 3.05) is 13.2 Å². The number of carbonyl (C=O) groups is 1. The topological polar surface area (TPSA) is 89.4 Å². The largest absolute Gasteiger partial charge is 0.381 e. The summed E-state index contributed by atoms with van der Waals surface area (Å²) in [6, 6.07) is 13.3. The first-order chi connectivity index (χ1) is 18.0. The van der Waals surface area contributed by atoms with E-state index in [1.54, 1.807) is 6.07 Å². The van der Waals surface area contributed by atoms with E-state index in [9.17, 15) is 13.2 Å². The SMILES string of the molecule is Cc1c(C(=O)NC2CCOCC2)cc(-c2ccc(S(=O)(=O)NC(C)(C)C)c3ccccc23)n1CC1CCC1. The van der Waals surface area contributed by atoms with Gasteiger partial charge in [-0.1, -0.05) is 36.8 Å². The molecule has 5 rings (SSSR count). The Bertz CT molecular complexity index is 1440. The third kappa shape index (κ3) is 5.53. The van der Waals surface area contributed by atoms with Gasteiger partial charge in [0.1, 0.15) is 0 Å². The molecule has 0 spiro atoms. The number of rotatable bonds is 7. The summed E-state index contributed by atoms with van der Waals surface area (Å²) < 4.78 is 37.2. The quantitative estimate of drug-likeness (QED) is 0.422. The first-order valence-electron chi connectivity index (χ1n) is 13.7. The van der Waals surface area contributed by atoms with Gasteiger partial charge in [0.05, 0.1) is 10.5 Å². The number of ether oxygens (including phenoxy) is 1. The molecule has 1 saturated carbocycles. The van der Waals surface area contributed by atoms with E-state index in [1.165, 1.54) is 19.3 Å². The van der Waals surface area contributed by atoms with Crippen molar-refractivity contribution >= 4 is 26.7 Å². The molecule has 0 radical (unpaired) electrons. The summed E-state index contributed by atoms with van der Waals surface area (Å²) in [5.41, 5.74) is 2.92. The van der Waals surface area contributed by atoms with Crippen LogP contribution in [-0.2, 0) is 21.3 Å². The van der Waals surface area contributed by atoms with E-state index in [4.69, 9.17) is 4.74 Å².